The minimum Gasteiger partial charge on any atom is -0.489 e. The van der Waals surface area contributed by atoms with E-state index in [-0.39, 0.29) is 23.9 Å². The third-order valence-electron chi connectivity index (χ3n) is 7.43. The molecule has 0 saturated carbocycles. The normalized spacial score (nSPS) is 18.8. The van der Waals surface area contributed by atoms with E-state index in [1.165, 1.54) is 0 Å². The zero-order valence-corrected chi connectivity index (χ0v) is 20.2. The summed E-state index contributed by atoms with van der Waals surface area (Å²) in [6.07, 6.45) is 6.35. The quantitative estimate of drug-likeness (QED) is 0.397. The van der Waals surface area contributed by atoms with Crippen LogP contribution in [0.1, 0.15) is 29.7 Å². The minimum absolute atomic E-state index is 0.126. The van der Waals surface area contributed by atoms with E-state index in [1.54, 1.807) is 0 Å². The standard InChI is InChI=1S/C29H30N4O3/c34-28(11-8-22-7-4-12-30-22)32-17-23-14-24(18-32)33(23)29(35)13-21-16-31-27-10-9-25(15-26(21)27)36-19-20-5-2-1-3-6-20/h1-7,9-10,12,15-16,23-24,30-31H,8,11,13-14,17-19H2. The predicted octanol–water partition coefficient (Wildman–Crippen LogP) is 4.06. The predicted molar refractivity (Wildman–Crippen MR) is 138 cm³/mol. The number of carbonyl (C=O) groups excluding carboxylic acids is 2. The Kier molecular flexibility index (Phi) is 5.97. The number of hydrogen-bond donors (Lipinski definition) is 2. The molecule has 3 aliphatic heterocycles. The van der Waals surface area contributed by atoms with Crippen LogP contribution >= 0.6 is 0 Å². The first kappa shape index (κ1) is 22.5. The summed E-state index contributed by atoms with van der Waals surface area (Å²) in [6.45, 7) is 1.77. The summed E-state index contributed by atoms with van der Waals surface area (Å²) in [4.78, 5) is 36.4. The molecule has 3 aliphatic rings. The number of rotatable bonds is 8. The average molecular weight is 483 g/mol. The third-order valence-corrected chi connectivity index (χ3v) is 7.43. The molecular formula is C29H30N4O3. The minimum atomic E-state index is 0.126. The molecule has 2 N–H and O–H groups in total. The Bertz CT molecular complexity index is 1350. The zero-order valence-electron chi connectivity index (χ0n) is 20.2. The van der Waals surface area contributed by atoms with Crippen molar-refractivity contribution in [2.45, 2.75) is 44.4 Å². The van der Waals surface area contributed by atoms with E-state index < -0.39 is 0 Å². The van der Waals surface area contributed by atoms with E-state index in [4.69, 9.17) is 4.74 Å². The van der Waals surface area contributed by atoms with Crippen LogP contribution in [0, 0.1) is 0 Å². The van der Waals surface area contributed by atoms with Crippen molar-refractivity contribution in [3.05, 3.63) is 89.9 Å². The fourth-order valence-corrected chi connectivity index (χ4v) is 5.53. The lowest BCUT2D eigenvalue weighted by atomic mass is 9.86. The summed E-state index contributed by atoms with van der Waals surface area (Å²) in [7, 11) is 0. The zero-order chi connectivity index (χ0) is 24.5. The summed E-state index contributed by atoms with van der Waals surface area (Å²) in [5, 5.41) is 1.01. The molecule has 5 heterocycles. The number of nitrogens with one attached hydrogen (secondary N) is 2. The number of amides is 2. The van der Waals surface area contributed by atoms with Crippen LogP contribution in [0.5, 0.6) is 5.75 Å². The van der Waals surface area contributed by atoms with Crippen LogP contribution in [0.2, 0.25) is 0 Å². The molecule has 0 aliphatic carbocycles. The van der Waals surface area contributed by atoms with E-state index in [9.17, 15) is 9.59 Å². The van der Waals surface area contributed by atoms with Crippen molar-refractivity contribution in [2.24, 2.45) is 0 Å². The molecule has 2 amide bonds. The number of carbonyl (C=O) groups is 2. The van der Waals surface area contributed by atoms with Gasteiger partial charge in [-0.2, -0.15) is 0 Å². The number of nitrogens with zero attached hydrogens (tertiary/aromatic N) is 2. The molecule has 0 radical (unpaired) electrons. The molecule has 2 unspecified atom stereocenters. The molecule has 2 aromatic carbocycles. The van der Waals surface area contributed by atoms with Gasteiger partial charge in [0.1, 0.15) is 12.4 Å². The van der Waals surface area contributed by atoms with E-state index >= 15 is 0 Å². The maximum absolute atomic E-state index is 13.3. The number of ether oxygens (including phenoxy) is 1. The van der Waals surface area contributed by atoms with Gasteiger partial charge in [0.15, 0.2) is 0 Å². The van der Waals surface area contributed by atoms with Gasteiger partial charge in [-0.05, 0) is 54.3 Å². The van der Waals surface area contributed by atoms with E-state index in [0.29, 0.717) is 32.5 Å². The number of H-pyrrole nitrogens is 2. The van der Waals surface area contributed by atoms with Crippen LogP contribution in [0.4, 0.5) is 0 Å². The number of benzene rings is 2. The van der Waals surface area contributed by atoms with Crippen LogP contribution in [0.15, 0.2) is 73.1 Å². The number of hydrogen-bond acceptors (Lipinski definition) is 3. The van der Waals surface area contributed by atoms with Crippen molar-refractivity contribution < 1.29 is 14.3 Å². The lowest BCUT2D eigenvalue weighted by molar-refractivity contribution is -0.160. The van der Waals surface area contributed by atoms with Crippen LogP contribution < -0.4 is 4.74 Å². The van der Waals surface area contributed by atoms with Crippen molar-refractivity contribution >= 4 is 22.7 Å². The van der Waals surface area contributed by atoms with E-state index in [1.807, 2.05) is 82.9 Å². The number of aryl methyl sites for hydroxylation is 1. The highest BCUT2D eigenvalue weighted by atomic mass is 16.5. The molecule has 7 rings (SSSR count). The van der Waals surface area contributed by atoms with Gasteiger partial charge in [0, 0.05) is 48.5 Å². The second-order valence-corrected chi connectivity index (χ2v) is 9.81. The monoisotopic (exact) mass is 482 g/mol. The molecule has 2 atom stereocenters. The Morgan fingerprint density at radius 2 is 1.78 bits per heavy atom. The molecule has 0 spiro atoms. The highest BCUT2D eigenvalue weighted by Gasteiger charge is 2.47. The van der Waals surface area contributed by atoms with Gasteiger partial charge in [0.05, 0.1) is 18.5 Å². The van der Waals surface area contributed by atoms with E-state index in [2.05, 4.69) is 9.97 Å². The first-order valence-corrected chi connectivity index (χ1v) is 12.6. The van der Waals surface area contributed by atoms with Gasteiger partial charge in [0.2, 0.25) is 11.8 Å². The summed E-state index contributed by atoms with van der Waals surface area (Å²) < 4.78 is 6.00. The highest BCUT2D eigenvalue weighted by molar-refractivity contribution is 5.90. The maximum Gasteiger partial charge on any atom is 0.227 e. The number of fused-ring (bicyclic) bond motifs is 3. The van der Waals surface area contributed by atoms with Gasteiger partial charge in [-0.3, -0.25) is 9.59 Å². The SMILES string of the molecule is O=C(CCc1ccc[nH]1)N1CC2CC(C1)N2C(=O)Cc1c[nH]c2ccc(OCc3ccccc3)cc12. The molecule has 36 heavy (non-hydrogen) atoms. The van der Waals surface area contributed by atoms with E-state index in [0.717, 1.165) is 46.3 Å². The van der Waals surface area contributed by atoms with Crippen molar-refractivity contribution in [2.75, 3.05) is 13.1 Å². The lowest BCUT2D eigenvalue weighted by Crippen LogP contribution is -2.71. The molecule has 7 heteroatoms. The van der Waals surface area contributed by atoms with Crippen LogP contribution in [-0.4, -0.2) is 56.8 Å². The van der Waals surface area contributed by atoms with Crippen molar-refractivity contribution in [1.82, 2.24) is 19.8 Å². The van der Waals surface area contributed by atoms with Crippen LogP contribution in [-0.2, 0) is 29.0 Å². The number of piperidine rings is 1. The smallest absolute Gasteiger partial charge is 0.227 e. The molecule has 2 bridgehead atoms. The second kappa shape index (κ2) is 9.57. The first-order chi connectivity index (χ1) is 17.6. The Balaban J connectivity index is 1.07. The van der Waals surface area contributed by atoms with Crippen LogP contribution in [0.25, 0.3) is 10.9 Å². The fourth-order valence-electron chi connectivity index (χ4n) is 5.53. The third kappa shape index (κ3) is 4.49. The Labute approximate surface area is 210 Å². The summed E-state index contributed by atoms with van der Waals surface area (Å²) >= 11 is 0. The molecule has 7 nitrogen and oxygen atoms in total. The van der Waals surface area contributed by atoms with Crippen molar-refractivity contribution in [1.29, 1.82) is 0 Å². The van der Waals surface area contributed by atoms with Crippen molar-refractivity contribution in [3.63, 3.8) is 0 Å². The van der Waals surface area contributed by atoms with Crippen LogP contribution in [0.3, 0.4) is 0 Å². The lowest BCUT2D eigenvalue weighted by Gasteiger charge is -2.56. The molecule has 3 fully saturated rings. The molecule has 2 aromatic heterocycles. The van der Waals surface area contributed by atoms with Gasteiger partial charge < -0.3 is 24.5 Å². The maximum atomic E-state index is 13.3. The summed E-state index contributed by atoms with van der Waals surface area (Å²) in [6, 6.07) is 20.2. The van der Waals surface area contributed by atoms with Gasteiger partial charge in [-0.1, -0.05) is 30.3 Å². The van der Waals surface area contributed by atoms with Crippen molar-refractivity contribution in [3.8, 4) is 5.75 Å². The summed E-state index contributed by atoms with van der Waals surface area (Å²) in [5.74, 6) is 1.09. The topological polar surface area (TPSA) is 81.4 Å². The Morgan fingerprint density at radius 1 is 0.944 bits per heavy atom. The van der Waals surface area contributed by atoms with Gasteiger partial charge in [-0.15, -0.1) is 0 Å². The average Bonchev–Trinajstić information content (AvgIpc) is 3.57. The Morgan fingerprint density at radius 3 is 2.56 bits per heavy atom. The molecule has 4 aromatic rings. The molecule has 184 valence electrons. The first-order valence-electron chi connectivity index (χ1n) is 12.6. The highest BCUT2D eigenvalue weighted by Crippen LogP contribution is 2.34. The second-order valence-electron chi connectivity index (χ2n) is 9.81. The van der Waals surface area contributed by atoms with Gasteiger partial charge >= 0.3 is 0 Å². The van der Waals surface area contributed by atoms with Gasteiger partial charge in [-0.25, -0.2) is 0 Å². The van der Waals surface area contributed by atoms with Gasteiger partial charge in [0.25, 0.3) is 0 Å². The largest absolute Gasteiger partial charge is 0.489 e. The number of piperazine rings is 1. The fraction of sp³-hybridized carbons (Fsp3) is 0.310. The molecule has 3 saturated heterocycles. The Hall–Kier alpha value is -4.00. The number of aromatic amines is 2. The summed E-state index contributed by atoms with van der Waals surface area (Å²) in [5.41, 5.74) is 4.16. The molecular weight excluding hydrogens is 452 g/mol. The number of aromatic nitrogens is 2.